The fraction of sp³-hybridized carbons (Fsp3) is 0.500. The zero-order chi connectivity index (χ0) is 11.2. The highest BCUT2D eigenvalue weighted by molar-refractivity contribution is 7.10. The molecule has 1 saturated heterocycles. The molecule has 16 heavy (non-hydrogen) atoms. The van der Waals surface area contributed by atoms with Crippen LogP contribution in [0.2, 0.25) is 0 Å². The second-order valence-corrected chi connectivity index (χ2v) is 4.60. The predicted octanol–water partition coefficient (Wildman–Crippen LogP) is 1.36. The Hall–Kier alpha value is -0.860. The van der Waals surface area contributed by atoms with E-state index in [1.54, 1.807) is 11.3 Å². The highest BCUT2D eigenvalue weighted by Gasteiger charge is 2.15. The van der Waals surface area contributed by atoms with Crippen molar-refractivity contribution in [1.29, 1.82) is 0 Å². The summed E-state index contributed by atoms with van der Waals surface area (Å²) < 4.78 is 11.0. The highest BCUT2D eigenvalue weighted by Crippen LogP contribution is 2.17. The minimum atomic E-state index is 0.265. The molecule has 1 aliphatic rings. The van der Waals surface area contributed by atoms with Crippen molar-refractivity contribution < 1.29 is 9.47 Å². The van der Waals surface area contributed by atoms with E-state index >= 15 is 0 Å². The Kier molecular flexibility index (Phi) is 4.37. The summed E-state index contributed by atoms with van der Waals surface area (Å²) in [5, 5.41) is 2.03. The van der Waals surface area contributed by atoms with Crippen LogP contribution in [-0.4, -0.2) is 25.9 Å². The number of ether oxygens (including phenoxy) is 2. The third-order valence-electron chi connectivity index (χ3n) is 2.34. The van der Waals surface area contributed by atoms with Gasteiger partial charge in [0.15, 0.2) is 0 Å². The van der Waals surface area contributed by atoms with Crippen LogP contribution in [0.3, 0.4) is 0 Å². The molecule has 1 aromatic heterocycles. The average molecular weight is 237 g/mol. The van der Waals surface area contributed by atoms with Gasteiger partial charge in [0.05, 0.1) is 25.9 Å². The maximum Gasteiger partial charge on any atom is 0.0835 e. The van der Waals surface area contributed by atoms with Crippen LogP contribution >= 0.6 is 11.3 Å². The van der Waals surface area contributed by atoms with E-state index in [0.717, 1.165) is 25.2 Å². The Morgan fingerprint density at radius 3 is 3.31 bits per heavy atom. The second-order valence-electron chi connectivity index (χ2n) is 3.60. The van der Waals surface area contributed by atoms with E-state index in [2.05, 4.69) is 17.9 Å². The summed E-state index contributed by atoms with van der Waals surface area (Å²) in [6.45, 7) is 2.61. The normalized spacial score (nSPS) is 19.4. The van der Waals surface area contributed by atoms with Gasteiger partial charge in [-0.25, -0.2) is 0 Å². The molecule has 0 aliphatic carbocycles. The minimum Gasteiger partial charge on any atom is -0.379 e. The first-order chi connectivity index (χ1) is 7.88. The first-order valence-corrected chi connectivity index (χ1v) is 6.22. The lowest BCUT2D eigenvalue weighted by molar-refractivity contribution is 0.0331. The molecule has 0 saturated carbocycles. The van der Waals surface area contributed by atoms with Gasteiger partial charge in [0, 0.05) is 22.4 Å². The van der Waals surface area contributed by atoms with Crippen molar-refractivity contribution in [3.05, 3.63) is 21.9 Å². The van der Waals surface area contributed by atoms with Crippen molar-refractivity contribution in [1.82, 2.24) is 0 Å². The van der Waals surface area contributed by atoms with Gasteiger partial charge in [0.2, 0.25) is 0 Å². The van der Waals surface area contributed by atoms with Crippen LogP contribution in [0.25, 0.3) is 0 Å². The molecule has 0 radical (unpaired) electrons. The molecule has 3 nitrogen and oxygen atoms in total. The molecule has 1 aliphatic heterocycles. The van der Waals surface area contributed by atoms with Gasteiger partial charge in [-0.05, 0) is 12.5 Å². The molecule has 0 aromatic carbocycles. The van der Waals surface area contributed by atoms with Crippen LogP contribution in [0.1, 0.15) is 16.9 Å². The maximum absolute atomic E-state index is 5.72. The molecule has 0 bridgehead atoms. The van der Waals surface area contributed by atoms with Crippen LogP contribution in [0.4, 0.5) is 0 Å². The van der Waals surface area contributed by atoms with Gasteiger partial charge in [-0.1, -0.05) is 11.8 Å². The molecule has 2 N–H and O–H groups in total. The van der Waals surface area contributed by atoms with Crippen LogP contribution in [0.5, 0.6) is 0 Å². The highest BCUT2D eigenvalue weighted by atomic mass is 32.1. The first-order valence-electron chi connectivity index (χ1n) is 5.34. The van der Waals surface area contributed by atoms with Crippen molar-refractivity contribution in [2.45, 2.75) is 19.1 Å². The van der Waals surface area contributed by atoms with E-state index in [-0.39, 0.29) is 6.10 Å². The van der Waals surface area contributed by atoms with E-state index in [0.29, 0.717) is 13.2 Å². The summed E-state index contributed by atoms with van der Waals surface area (Å²) in [5.74, 6) is 5.85. The Morgan fingerprint density at radius 1 is 1.62 bits per heavy atom. The quantitative estimate of drug-likeness (QED) is 0.807. The topological polar surface area (TPSA) is 44.5 Å². The zero-order valence-corrected chi connectivity index (χ0v) is 9.89. The van der Waals surface area contributed by atoms with Gasteiger partial charge in [-0.3, -0.25) is 0 Å². The van der Waals surface area contributed by atoms with Crippen LogP contribution in [0, 0.1) is 11.8 Å². The van der Waals surface area contributed by atoms with Crippen LogP contribution in [0.15, 0.2) is 11.4 Å². The number of nitrogens with two attached hydrogens (primary N) is 1. The standard InChI is InChI=1S/C12H15NO2S/c13-4-1-2-10-6-12(16-9-10)8-15-11-3-5-14-7-11/h6,9,11H,3-5,7-8,13H2. The Bertz CT molecular complexity index is 385. The van der Waals surface area contributed by atoms with Gasteiger partial charge >= 0.3 is 0 Å². The largest absolute Gasteiger partial charge is 0.379 e. The molecule has 1 aromatic rings. The summed E-state index contributed by atoms with van der Waals surface area (Å²) in [4.78, 5) is 1.20. The van der Waals surface area contributed by atoms with Gasteiger partial charge in [-0.15, -0.1) is 11.3 Å². The molecule has 1 unspecified atom stereocenters. The first kappa shape index (κ1) is 11.6. The second kappa shape index (κ2) is 6.02. The maximum atomic E-state index is 5.72. The van der Waals surface area contributed by atoms with Gasteiger partial charge in [0.1, 0.15) is 0 Å². The monoisotopic (exact) mass is 237 g/mol. The fourth-order valence-electron chi connectivity index (χ4n) is 1.52. The summed E-state index contributed by atoms with van der Waals surface area (Å²) >= 11 is 1.67. The van der Waals surface area contributed by atoms with E-state index in [9.17, 15) is 0 Å². The van der Waals surface area contributed by atoms with E-state index in [1.165, 1.54) is 4.88 Å². The van der Waals surface area contributed by atoms with Crippen molar-refractivity contribution >= 4 is 11.3 Å². The van der Waals surface area contributed by atoms with Crippen LogP contribution < -0.4 is 5.73 Å². The Labute approximate surface area is 99.6 Å². The summed E-state index contributed by atoms with van der Waals surface area (Å²) in [5.41, 5.74) is 6.34. The molecule has 86 valence electrons. The lowest BCUT2D eigenvalue weighted by Gasteiger charge is -2.07. The molecule has 4 heteroatoms. The van der Waals surface area contributed by atoms with E-state index in [1.807, 2.05) is 5.38 Å². The lowest BCUT2D eigenvalue weighted by Crippen LogP contribution is -2.11. The summed E-state index contributed by atoms with van der Waals surface area (Å²) in [6.07, 6.45) is 1.27. The summed E-state index contributed by atoms with van der Waals surface area (Å²) in [6, 6.07) is 2.06. The summed E-state index contributed by atoms with van der Waals surface area (Å²) in [7, 11) is 0. The van der Waals surface area contributed by atoms with Gasteiger partial charge < -0.3 is 15.2 Å². The zero-order valence-electron chi connectivity index (χ0n) is 9.07. The molecular formula is C12H15NO2S. The number of hydrogen-bond acceptors (Lipinski definition) is 4. The predicted molar refractivity (Wildman–Crippen MR) is 64.3 cm³/mol. The minimum absolute atomic E-state index is 0.265. The van der Waals surface area contributed by atoms with E-state index in [4.69, 9.17) is 15.2 Å². The number of thiophene rings is 1. The van der Waals surface area contributed by atoms with Gasteiger partial charge in [-0.2, -0.15) is 0 Å². The van der Waals surface area contributed by atoms with Gasteiger partial charge in [0.25, 0.3) is 0 Å². The third kappa shape index (κ3) is 3.32. The fourth-order valence-corrected chi connectivity index (χ4v) is 2.26. The average Bonchev–Trinajstić information content (AvgIpc) is 2.95. The Balaban J connectivity index is 1.82. The smallest absolute Gasteiger partial charge is 0.0835 e. The van der Waals surface area contributed by atoms with Crippen molar-refractivity contribution in [2.24, 2.45) is 5.73 Å². The number of rotatable bonds is 3. The van der Waals surface area contributed by atoms with Crippen molar-refractivity contribution in [3.8, 4) is 11.8 Å². The lowest BCUT2D eigenvalue weighted by atomic mass is 10.3. The molecule has 1 atom stereocenters. The molecule has 0 amide bonds. The van der Waals surface area contributed by atoms with E-state index < -0.39 is 0 Å². The van der Waals surface area contributed by atoms with Crippen molar-refractivity contribution in [3.63, 3.8) is 0 Å². The Morgan fingerprint density at radius 2 is 2.56 bits per heavy atom. The molecule has 2 heterocycles. The SMILES string of the molecule is NCC#Cc1csc(COC2CCOC2)c1. The number of hydrogen-bond donors (Lipinski definition) is 1. The third-order valence-corrected chi connectivity index (χ3v) is 3.25. The van der Waals surface area contributed by atoms with Crippen LogP contribution in [-0.2, 0) is 16.1 Å². The van der Waals surface area contributed by atoms with Crippen molar-refractivity contribution in [2.75, 3.05) is 19.8 Å². The molecule has 0 spiro atoms. The molecule has 2 rings (SSSR count). The molecule has 1 fully saturated rings. The molecular weight excluding hydrogens is 222 g/mol.